The molecule has 0 saturated carbocycles. The van der Waals surface area contributed by atoms with Gasteiger partial charge in [-0.2, -0.15) is 5.10 Å². The fraction of sp³-hybridized carbons (Fsp3) is 0.182. The maximum Gasteiger partial charge on any atom is 0.343 e. The van der Waals surface area contributed by atoms with Gasteiger partial charge in [-0.1, -0.05) is 37.3 Å². The van der Waals surface area contributed by atoms with Crippen molar-refractivity contribution in [3.63, 3.8) is 0 Å². The first-order valence-electron chi connectivity index (χ1n) is 13.4. The van der Waals surface area contributed by atoms with Crippen molar-refractivity contribution in [2.24, 2.45) is 5.10 Å². The average Bonchev–Trinajstić information content (AvgIpc) is 3.03. The zero-order valence-electron chi connectivity index (χ0n) is 23.4. The highest BCUT2D eigenvalue weighted by molar-refractivity contribution is 5.92. The van der Waals surface area contributed by atoms with Crippen LogP contribution in [0.5, 0.6) is 28.7 Å². The largest absolute Gasteiger partial charge is 0.494 e. The Labute approximate surface area is 244 Å². The number of rotatable bonds is 14. The maximum atomic E-state index is 12.6. The summed E-state index contributed by atoms with van der Waals surface area (Å²) >= 11 is 0. The lowest BCUT2D eigenvalue weighted by Crippen LogP contribution is -2.24. The Morgan fingerprint density at radius 3 is 2.14 bits per heavy atom. The number of amides is 1. The zero-order chi connectivity index (χ0) is 29.6. The van der Waals surface area contributed by atoms with E-state index >= 15 is 0 Å². The van der Waals surface area contributed by atoms with Gasteiger partial charge in [0.15, 0.2) is 18.1 Å². The Bertz CT molecular complexity index is 1470. The molecule has 9 heteroatoms. The van der Waals surface area contributed by atoms with Crippen LogP contribution in [0.3, 0.4) is 0 Å². The molecule has 1 N–H and O–H groups in total. The Morgan fingerprint density at radius 1 is 0.786 bits per heavy atom. The van der Waals surface area contributed by atoms with Crippen LogP contribution in [0.1, 0.15) is 34.8 Å². The van der Waals surface area contributed by atoms with Gasteiger partial charge in [0.1, 0.15) is 23.9 Å². The van der Waals surface area contributed by atoms with Crippen LogP contribution >= 0.6 is 0 Å². The molecule has 1 amide bonds. The van der Waals surface area contributed by atoms with Crippen LogP contribution in [-0.4, -0.2) is 38.4 Å². The van der Waals surface area contributed by atoms with Gasteiger partial charge in [0.05, 0.1) is 25.5 Å². The quantitative estimate of drug-likeness (QED) is 0.0886. The lowest BCUT2D eigenvalue weighted by atomic mass is 10.2. The molecule has 42 heavy (non-hydrogen) atoms. The summed E-state index contributed by atoms with van der Waals surface area (Å²) in [5.41, 5.74) is 4.49. The van der Waals surface area contributed by atoms with Crippen molar-refractivity contribution in [2.75, 3.05) is 20.3 Å². The van der Waals surface area contributed by atoms with Crippen molar-refractivity contribution in [3.8, 4) is 28.7 Å². The topological polar surface area (TPSA) is 105 Å². The van der Waals surface area contributed by atoms with Gasteiger partial charge in [-0.3, -0.25) is 4.79 Å². The van der Waals surface area contributed by atoms with Gasteiger partial charge in [-0.05, 0) is 84.3 Å². The summed E-state index contributed by atoms with van der Waals surface area (Å²) in [7, 11) is 1.47. The number of carbonyl (C=O) groups is 2. The predicted molar refractivity (Wildman–Crippen MR) is 159 cm³/mol. The molecule has 0 saturated heterocycles. The third-order valence-corrected chi connectivity index (χ3v) is 5.80. The number of ether oxygens (including phenoxy) is 5. The molecule has 0 spiro atoms. The summed E-state index contributed by atoms with van der Waals surface area (Å²) in [4.78, 5) is 24.8. The van der Waals surface area contributed by atoms with Crippen LogP contribution in [0.25, 0.3) is 0 Å². The molecule has 0 fully saturated rings. The number of methoxy groups -OCH3 is 1. The number of hydrogen-bond donors (Lipinski definition) is 1. The standard InChI is InChI=1S/C33H32N2O7/c1-3-19-39-27-12-10-26(11-13-27)33(37)42-30-18-9-25(20-31(30)38-2)21-34-35-32(36)23-41-29-16-14-28(15-17-29)40-22-24-7-5-4-6-8-24/h4-18,20-21H,3,19,22-23H2,1-2H3,(H,35,36)/b34-21+. The summed E-state index contributed by atoms with van der Waals surface area (Å²) in [5.74, 6) is 1.53. The molecule has 0 aliphatic carbocycles. The van der Waals surface area contributed by atoms with Gasteiger partial charge in [0.2, 0.25) is 0 Å². The second kappa shape index (κ2) is 15.5. The van der Waals surface area contributed by atoms with E-state index in [9.17, 15) is 9.59 Å². The van der Waals surface area contributed by atoms with Crippen LogP contribution in [0.15, 0.2) is 102 Å². The SMILES string of the molecule is CCCOc1ccc(C(=O)Oc2ccc(/C=N/NC(=O)COc3ccc(OCc4ccccc4)cc3)cc2OC)cc1. The molecule has 4 aromatic carbocycles. The van der Waals surface area contributed by atoms with E-state index in [4.69, 9.17) is 23.7 Å². The third kappa shape index (κ3) is 9.12. The maximum absolute atomic E-state index is 12.6. The molecule has 0 atom stereocenters. The van der Waals surface area contributed by atoms with Crippen LogP contribution in [0.2, 0.25) is 0 Å². The third-order valence-electron chi connectivity index (χ3n) is 5.80. The number of benzene rings is 4. The van der Waals surface area contributed by atoms with Gasteiger partial charge >= 0.3 is 5.97 Å². The summed E-state index contributed by atoms with van der Waals surface area (Å²) in [5, 5.41) is 3.96. The van der Waals surface area contributed by atoms with Gasteiger partial charge in [0, 0.05) is 0 Å². The lowest BCUT2D eigenvalue weighted by molar-refractivity contribution is -0.123. The summed E-state index contributed by atoms with van der Waals surface area (Å²) in [6.07, 6.45) is 2.34. The van der Waals surface area contributed by atoms with Crippen LogP contribution in [0.4, 0.5) is 0 Å². The highest BCUT2D eigenvalue weighted by Crippen LogP contribution is 2.28. The first kappa shape index (κ1) is 29.7. The molecule has 4 aromatic rings. The van der Waals surface area contributed by atoms with Crippen LogP contribution in [-0.2, 0) is 11.4 Å². The molecular weight excluding hydrogens is 536 g/mol. The molecule has 0 aliphatic heterocycles. The second-order valence-corrected chi connectivity index (χ2v) is 9.00. The minimum atomic E-state index is -0.529. The Balaban J connectivity index is 1.23. The number of nitrogens with one attached hydrogen (secondary N) is 1. The number of carbonyl (C=O) groups excluding carboxylic acids is 2. The van der Waals surface area contributed by atoms with Crippen molar-refractivity contribution < 1.29 is 33.3 Å². The van der Waals surface area contributed by atoms with Crippen molar-refractivity contribution >= 4 is 18.1 Å². The fourth-order valence-electron chi connectivity index (χ4n) is 3.65. The number of hydrogen-bond acceptors (Lipinski definition) is 8. The Hall–Kier alpha value is -5.31. The van der Waals surface area contributed by atoms with Gasteiger partial charge in [0.25, 0.3) is 5.91 Å². The Morgan fingerprint density at radius 2 is 1.45 bits per heavy atom. The molecule has 0 aliphatic rings. The van der Waals surface area contributed by atoms with Crippen molar-refractivity contribution in [1.29, 1.82) is 0 Å². The first-order chi connectivity index (χ1) is 20.5. The van der Waals surface area contributed by atoms with E-state index in [-0.39, 0.29) is 12.4 Å². The van der Waals surface area contributed by atoms with E-state index < -0.39 is 11.9 Å². The van der Waals surface area contributed by atoms with Crippen molar-refractivity contribution in [3.05, 3.63) is 114 Å². The monoisotopic (exact) mass is 568 g/mol. The van der Waals surface area contributed by atoms with E-state index in [0.717, 1.165) is 12.0 Å². The van der Waals surface area contributed by atoms with E-state index in [2.05, 4.69) is 10.5 Å². The lowest BCUT2D eigenvalue weighted by Gasteiger charge is -2.10. The summed E-state index contributed by atoms with van der Waals surface area (Å²) < 4.78 is 27.7. The zero-order valence-corrected chi connectivity index (χ0v) is 23.4. The van der Waals surface area contributed by atoms with Crippen molar-refractivity contribution in [2.45, 2.75) is 20.0 Å². The molecule has 4 rings (SSSR count). The van der Waals surface area contributed by atoms with E-state index in [0.29, 0.717) is 47.3 Å². The molecule has 0 heterocycles. The fourth-order valence-corrected chi connectivity index (χ4v) is 3.65. The number of nitrogens with zero attached hydrogens (tertiary/aromatic N) is 1. The van der Waals surface area contributed by atoms with Crippen molar-refractivity contribution in [1.82, 2.24) is 5.43 Å². The van der Waals surface area contributed by atoms with E-state index in [1.807, 2.05) is 37.3 Å². The molecule has 0 aromatic heterocycles. The summed E-state index contributed by atoms with van der Waals surface area (Å²) in [6.45, 7) is 2.87. The molecule has 216 valence electrons. The average molecular weight is 569 g/mol. The van der Waals surface area contributed by atoms with Crippen LogP contribution in [0, 0.1) is 0 Å². The first-order valence-corrected chi connectivity index (χ1v) is 13.4. The molecule has 0 radical (unpaired) electrons. The highest BCUT2D eigenvalue weighted by Gasteiger charge is 2.13. The minimum absolute atomic E-state index is 0.217. The van der Waals surface area contributed by atoms with Gasteiger partial charge in [-0.15, -0.1) is 0 Å². The van der Waals surface area contributed by atoms with Gasteiger partial charge in [-0.25, -0.2) is 10.2 Å². The number of esters is 1. The normalized spacial score (nSPS) is 10.6. The predicted octanol–water partition coefficient (Wildman–Crippen LogP) is 5.81. The minimum Gasteiger partial charge on any atom is -0.494 e. The van der Waals surface area contributed by atoms with Crippen LogP contribution < -0.4 is 29.1 Å². The Kier molecular flexibility index (Phi) is 10.9. The molecule has 0 unspecified atom stereocenters. The smallest absolute Gasteiger partial charge is 0.343 e. The van der Waals surface area contributed by atoms with E-state index in [1.165, 1.54) is 13.3 Å². The van der Waals surface area contributed by atoms with E-state index in [1.54, 1.807) is 66.7 Å². The molecular formula is C33H32N2O7. The molecule has 9 nitrogen and oxygen atoms in total. The molecule has 0 bridgehead atoms. The second-order valence-electron chi connectivity index (χ2n) is 9.00. The number of hydrazone groups is 1. The highest BCUT2D eigenvalue weighted by atomic mass is 16.6. The summed E-state index contributed by atoms with van der Waals surface area (Å²) in [6, 6.07) is 28.5. The van der Waals surface area contributed by atoms with Gasteiger partial charge < -0.3 is 23.7 Å².